The van der Waals surface area contributed by atoms with Gasteiger partial charge in [-0.15, -0.1) is 0 Å². The first-order chi connectivity index (χ1) is 14.9. The molecule has 4 aliphatic rings. The highest BCUT2D eigenvalue weighted by atomic mass is 19.1. The number of benzene rings is 1. The smallest absolute Gasteiger partial charge is 0.414 e. The summed E-state index contributed by atoms with van der Waals surface area (Å²) < 4.78 is 41.0. The Balaban J connectivity index is 1.27. The lowest BCUT2D eigenvalue weighted by Crippen LogP contribution is -2.43. The van der Waals surface area contributed by atoms with E-state index in [0.29, 0.717) is 13.1 Å². The van der Waals surface area contributed by atoms with E-state index < -0.39 is 23.8 Å². The molecule has 0 N–H and O–H groups in total. The van der Waals surface area contributed by atoms with Crippen LogP contribution in [0.5, 0.6) is 0 Å². The maximum atomic E-state index is 14.9. The summed E-state index contributed by atoms with van der Waals surface area (Å²) in [5.41, 5.74) is 0.0503. The Labute approximate surface area is 179 Å². The third-order valence-corrected chi connectivity index (χ3v) is 6.86. The number of halogens is 2. The highest BCUT2D eigenvalue weighted by molar-refractivity contribution is 5.90. The fourth-order valence-electron chi connectivity index (χ4n) is 5.00. The van der Waals surface area contributed by atoms with Crippen molar-refractivity contribution < 1.29 is 27.8 Å². The third kappa shape index (κ3) is 3.84. The standard InChI is InChI=1S/C22H27F2N3O4/c1-25(21(28)13-3-2-4-13)9-17-12-27(22(29)31-17)14-7-18(23)20(19(24)8-14)26-10-15-5-6-16(11-26)30-15/h7-8,13,15-17H,2-6,9-12H2,1H3/t15?,16?,17-/m0/s1. The van der Waals surface area contributed by atoms with Gasteiger partial charge in [0.1, 0.15) is 11.8 Å². The number of carbonyl (C=O) groups is 2. The van der Waals surface area contributed by atoms with E-state index in [-0.39, 0.29) is 48.5 Å². The molecule has 0 radical (unpaired) electrons. The molecule has 1 aliphatic carbocycles. The van der Waals surface area contributed by atoms with Gasteiger partial charge >= 0.3 is 6.09 Å². The first-order valence-electron chi connectivity index (χ1n) is 11.0. The van der Waals surface area contributed by atoms with Crippen LogP contribution in [0.25, 0.3) is 0 Å². The van der Waals surface area contributed by atoms with Gasteiger partial charge in [-0.1, -0.05) is 6.42 Å². The first kappa shape index (κ1) is 20.5. The van der Waals surface area contributed by atoms with E-state index in [1.165, 1.54) is 17.0 Å². The first-order valence-corrected chi connectivity index (χ1v) is 11.0. The number of cyclic esters (lactones) is 1. The molecule has 0 spiro atoms. The molecule has 7 nitrogen and oxygen atoms in total. The van der Waals surface area contributed by atoms with E-state index in [4.69, 9.17) is 9.47 Å². The molecule has 1 saturated carbocycles. The van der Waals surface area contributed by atoms with E-state index in [2.05, 4.69) is 0 Å². The molecule has 2 bridgehead atoms. The number of likely N-dealkylation sites (N-methyl/N-ethyl adjacent to an activating group) is 1. The summed E-state index contributed by atoms with van der Waals surface area (Å²) in [5.74, 6) is -1.29. The van der Waals surface area contributed by atoms with Crippen LogP contribution in [0.1, 0.15) is 32.1 Å². The molecule has 1 aromatic carbocycles. The number of nitrogens with zero attached hydrogens (tertiary/aromatic N) is 3. The Morgan fingerprint density at radius 3 is 2.32 bits per heavy atom. The Bertz CT molecular complexity index is 859. The van der Waals surface area contributed by atoms with E-state index in [9.17, 15) is 18.4 Å². The lowest BCUT2D eigenvalue weighted by atomic mass is 9.84. The van der Waals surface area contributed by atoms with Crippen LogP contribution in [-0.2, 0) is 14.3 Å². The van der Waals surface area contributed by atoms with Crippen molar-refractivity contribution in [2.24, 2.45) is 5.92 Å². The molecule has 2 unspecified atom stereocenters. The zero-order valence-electron chi connectivity index (χ0n) is 17.6. The topological polar surface area (TPSA) is 62.3 Å². The molecule has 2 amide bonds. The molecule has 168 valence electrons. The minimum absolute atomic E-state index is 0.00572. The predicted molar refractivity (Wildman–Crippen MR) is 109 cm³/mol. The van der Waals surface area contributed by atoms with E-state index in [0.717, 1.165) is 32.1 Å². The second-order valence-electron chi connectivity index (χ2n) is 9.08. The van der Waals surface area contributed by atoms with E-state index >= 15 is 0 Å². The summed E-state index contributed by atoms with van der Waals surface area (Å²) in [6.45, 7) is 1.32. The lowest BCUT2D eigenvalue weighted by Gasteiger charge is -2.34. The van der Waals surface area contributed by atoms with Crippen molar-refractivity contribution in [2.75, 3.05) is 43.0 Å². The summed E-state index contributed by atoms with van der Waals surface area (Å²) >= 11 is 0. The largest absolute Gasteiger partial charge is 0.442 e. The molecule has 3 aliphatic heterocycles. The Hall–Kier alpha value is -2.42. The van der Waals surface area contributed by atoms with Crippen molar-refractivity contribution in [1.29, 1.82) is 0 Å². The summed E-state index contributed by atoms with van der Waals surface area (Å²) in [4.78, 5) is 29.2. The SMILES string of the molecule is CN(C[C@H]1CN(c2cc(F)c(N3CC4CCC(C3)O4)c(F)c2)C(=O)O1)C(=O)C1CCC1. The highest BCUT2D eigenvalue weighted by Crippen LogP contribution is 2.35. The van der Waals surface area contributed by atoms with Crippen LogP contribution in [0.3, 0.4) is 0 Å². The summed E-state index contributed by atoms with van der Waals surface area (Å²) in [5, 5.41) is 0. The van der Waals surface area contributed by atoms with Gasteiger partial charge in [-0.25, -0.2) is 13.6 Å². The Kier molecular flexibility index (Phi) is 5.24. The normalized spacial score (nSPS) is 28.0. The van der Waals surface area contributed by atoms with Crippen molar-refractivity contribution >= 4 is 23.4 Å². The number of ether oxygens (including phenoxy) is 2. The molecule has 4 fully saturated rings. The van der Waals surface area contributed by atoms with Crippen molar-refractivity contribution in [3.63, 3.8) is 0 Å². The second-order valence-corrected chi connectivity index (χ2v) is 9.08. The van der Waals surface area contributed by atoms with Crippen molar-refractivity contribution in [2.45, 2.75) is 50.4 Å². The maximum absolute atomic E-state index is 14.9. The van der Waals surface area contributed by atoms with Gasteiger partial charge in [0.25, 0.3) is 0 Å². The summed E-state index contributed by atoms with van der Waals surface area (Å²) in [6.07, 6.45) is 3.48. The molecular formula is C22H27F2N3O4. The Morgan fingerprint density at radius 1 is 1.10 bits per heavy atom. The molecule has 9 heteroatoms. The molecule has 5 rings (SSSR count). The van der Waals surface area contributed by atoms with Crippen LogP contribution in [0.15, 0.2) is 12.1 Å². The summed E-state index contributed by atoms with van der Waals surface area (Å²) in [7, 11) is 1.70. The number of morpholine rings is 1. The fourth-order valence-corrected chi connectivity index (χ4v) is 5.00. The van der Waals surface area contributed by atoms with Crippen LogP contribution in [0.2, 0.25) is 0 Å². The number of hydrogen-bond acceptors (Lipinski definition) is 5. The number of hydrogen-bond donors (Lipinski definition) is 0. The molecule has 0 aromatic heterocycles. The monoisotopic (exact) mass is 435 g/mol. The van der Waals surface area contributed by atoms with Crippen LogP contribution < -0.4 is 9.80 Å². The van der Waals surface area contributed by atoms with Crippen molar-refractivity contribution in [1.82, 2.24) is 4.90 Å². The van der Waals surface area contributed by atoms with Crippen LogP contribution in [0, 0.1) is 17.6 Å². The average Bonchev–Trinajstić information content (AvgIpc) is 3.20. The fraction of sp³-hybridized carbons (Fsp3) is 0.636. The van der Waals surface area contributed by atoms with Gasteiger partial charge < -0.3 is 19.3 Å². The van der Waals surface area contributed by atoms with Gasteiger partial charge in [-0.2, -0.15) is 0 Å². The number of carbonyl (C=O) groups excluding carboxylic acids is 2. The lowest BCUT2D eigenvalue weighted by molar-refractivity contribution is -0.137. The zero-order valence-corrected chi connectivity index (χ0v) is 17.6. The van der Waals surface area contributed by atoms with Gasteiger partial charge in [-0.3, -0.25) is 9.69 Å². The predicted octanol–water partition coefficient (Wildman–Crippen LogP) is 2.92. The number of fused-ring (bicyclic) bond motifs is 2. The van der Waals surface area contributed by atoms with Crippen LogP contribution in [0.4, 0.5) is 25.0 Å². The summed E-state index contributed by atoms with van der Waals surface area (Å²) in [6, 6.07) is 2.37. The quantitative estimate of drug-likeness (QED) is 0.712. The van der Waals surface area contributed by atoms with Gasteiger partial charge in [0.15, 0.2) is 11.6 Å². The third-order valence-electron chi connectivity index (χ3n) is 6.86. The van der Waals surface area contributed by atoms with Crippen LogP contribution in [-0.4, -0.2) is 68.4 Å². The number of amides is 2. The molecular weight excluding hydrogens is 408 g/mol. The van der Waals surface area contributed by atoms with E-state index in [1.54, 1.807) is 16.8 Å². The van der Waals surface area contributed by atoms with Gasteiger partial charge in [-0.05, 0) is 25.7 Å². The minimum atomic E-state index is -0.704. The van der Waals surface area contributed by atoms with Crippen LogP contribution >= 0.6 is 0 Å². The second kappa shape index (κ2) is 7.93. The zero-order chi connectivity index (χ0) is 21.7. The molecule has 1 aromatic rings. The Morgan fingerprint density at radius 2 is 1.74 bits per heavy atom. The molecule has 3 saturated heterocycles. The molecule has 3 atom stereocenters. The van der Waals surface area contributed by atoms with Crippen molar-refractivity contribution in [3.05, 3.63) is 23.8 Å². The van der Waals surface area contributed by atoms with Gasteiger partial charge in [0.05, 0.1) is 31.0 Å². The highest BCUT2D eigenvalue weighted by Gasteiger charge is 2.38. The minimum Gasteiger partial charge on any atom is -0.442 e. The number of anilines is 2. The van der Waals surface area contributed by atoms with Gasteiger partial charge in [0.2, 0.25) is 5.91 Å². The maximum Gasteiger partial charge on any atom is 0.414 e. The van der Waals surface area contributed by atoms with Crippen molar-refractivity contribution in [3.8, 4) is 0 Å². The van der Waals surface area contributed by atoms with E-state index in [1.807, 2.05) is 0 Å². The van der Waals surface area contributed by atoms with Gasteiger partial charge in [0, 0.05) is 38.2 Å². The average molecular weight is 435 g/mol. The molecule has 3 heterocycles. The molecule has 31 heavy (non-hydrogen) atoms. The number of rotatable bonds is 5.